The molecule has 0 atom stereocenters. The number of nitrogen functional groups attached to an aromatic ring is 1. The number of rotatable bonds is 3. The van der Waals surface area contributed by atoms with E-state index in [4.69, 9.17) is 22.3 Å². The maximum Gasteiger partial charge on any atom is 0.141 e. The fourth-order valence-corrected chi connectivity index (χ4v) is 3.13. The summed E-state index contributed by atoms with van der Waals surface area (Å²) in [6, 6.07) is 23.8. The molecule has 0 spiro atoms. The summed E-state index contributed by atoms with van der Waals surface area (Å²) < 4.78 is 2.19. The first-order valence-electron chi connectivity index (χ1n) is 7.77. The molecule has 4 rings (SSSR count). The smallest absolute Gasteiger partial charge is 0.141 e. The number of anilines is 1. The van der Waals surface area contributed by atoms with Crippen molar-refractivity contribution in [2.45, 2.75) is 6.54 Å². The van der Waals surface area contributed by atoms with Gasteiger partial charge in [0.25, 0.3) is 0 Å². The number of fused-ring (bicyclic) bond motifs is 1. The van der Waals surface area contributed by atoms with Crippen LogP contribution in [-0.2, 0) is 6.54 Å². The molecule has 0 saturated carbocycles. The fourth-order valence-electron chi connectivity index (χ4n) is 2.93. The number of benzene rings is 3. The van der Waals surface area contributed by atoms with Crippen LogP contribution in [0.4, 0.5) is 5.69 Å². The van der Waals surface area contributed by atoms with E-state index in [2.05, 4.69) is 10.6 Å². The zero-order valence-corrected chi connectivity index (χ0v) is 13.7. The summed E-state index contributed by atoms with van der Waals surface area (Å²) in [7, 11) is 0. The third-order valence-electron chi connectivity index (χ3n) is 4.09. The Morgan fingerprint density at radius 1 is 0.917 bits per heavy atom. The van der Waals surface area contributed by atoms with Gasteiger partial charge in [0.2, 0.25) is 0 Å². The predicted molar refractivity (Wildman–Crippen MR) is 100 cm³/mol. The molecule has 4 aromatic rings. The van der Waals surface area contributed by atoms with Gasteiger partial charge in [-0.15, -0.1) is 0 Å². The Hall–Kier alpha value is -2.78. The summed E-state index contributed by atoms with van der Waals surface area (Å²) in [5.41, 5.74) is 10.8. The van der Waals surface area contributed by atoms with E-state index in [0.717, 1.165) is 38.7 Å². The summed E-state index contributed by atoms with van der Waals surface area (Å²) in [4.78, 5) is 4.81. The topological polar surface area (TPSA) is 43.8 Å². The van der Waals surface area contributed by atoms with Crippen molar-refractivity contribution in [1.82, 2.24) is 9.55 Å². The lowest BCUT2D eigenvalue weighted by Crippen LogP contribution is -2.03. The molecule has 0 amide bonds. The lowest BCUT2D eigenvalue weighted by Gasteiger charge is -2.11. The molecule has 0 aliphatic heterocycles. The van der Waals surface area contributed by atoms with Crippen LogP contribution in [0.1, 0.15) is 5.56 Å². The Balaban J connectivity index is 1.92. The summed E-state index contributed by atoms with van der Waals surface area (Å²) >= 11 is 6.36. The van der Waals surface area contributed by atoms with Crippen molar-refractivity contribution in [1.29, 1.82) is 0 Å². The second-order valence-electron chi connectivity index (χ2n) is 5.73. The van der Waals surface area contributed by atoms with Crippen molar-refractivity contribution in [3.8, 4) is 11.4 Å². The average Bonchev–Trinajstić information content (AvgIpc) is 2.96. The van der Waals surface area contributed by atoms with Crippen LogP contribution in [0, 0.1) is 0 Å². The molecule has 1 aromatic heterocycles. The van der Waals surface area contributed by atoms with Gasteiger partial charge in [-0.05, 0) is 35.9 Å². The van der Waals surface area contributed by atoms with Gasteiger partial charge in [-0.25, -0.2) is 4.98 Å². The summed E-state index contributed by atoms with van der Waals surface area (Å²) in [5, 5.41) is 0.758. The minimum absolute atomic E-state index is 0.657. The average molecular weight is 334 g/mol. The van der Waals surface area contributed by atoms with Crippen LogP contribution >= 0.6 is 11.6 Å². The third-order valence-corrected chi connectivity index (χ3v) is 4.45. The van der Waals surface area contributed by atoms with Crippen molar-refractivity contribution in [2.75, 3.05) is 5.73 Å². The van der Waals surface area contributed by atoms with Crippen LogP contribution in [0.3, 0.4) is 0 Å². The predicted octanol–water partition coefficient (Wildman–Crippen LogP) is 4.99. The molecule has 118 valence electrons. The lowest BCUT2D eigenvalue weighted by molar-refractivity contribution is 0.834. The van der Waals surface area contributed by atoms with Gasteiger partial charge in [0.05, 0.1) is 17.6 Å². The number of aromatic nitrogens is 2. The molecule has 0 aliphatic carbocycles. The minimum Gasteiger partial charge on any atom is -0.399 e. The molecule has 0 aliphatic rings. The van der Waals surface area contributed by atoms with E-state index in [1.165, 1.54) is 0 Å². The maximum atomic E-state index is 6.36. The SMILES string of the molecule is Nc1cccc(-c2nc3ccccc3n2Cc2ccccc2Cl)c1. The van der Waals surface area contributed by atoms with Crippen LogP contribution < -0.4 is 5.73 Å². The highest BCUT2D eigenvalue weighted by molar-refractivity contribution is 6.31. The van der Waals surface area contributed by atoms with Crippen LogP contribution in [0.5, 0.6) is 0 Å². The van der Waals surface area contributed by atoms with Gasteiger partial charge in [-0.3, -0.25) is 0 Å². The monoisotopic (exact) mass is 333 g/mol. The van der Waals surface area contributed by atoms with E-state index in [9.17, 15) is 0 Å². The van der Waals surface area contributed by atoms with E-state index in [1.807, 2.05) is 66.7 Å². The molecule has 4 heteroatoms. The summed E-state index contributed by atoms with van der Waals surface area (Å²) in [5.74, 6) is 0.892. The molecule has 0 radical (unpaired) electrons. The maximum absolute atomic E-state index is 6.36. The Kier molecular flexibility index (Phi) is 3.71. The first kappa shape index (κ1) is 14.8. The molecule has 3 aromatic carbocycles. The molecule has 0 bridgehead atoms. The number of nitrogens with two attached hydrogens (primary N) is 1. The van der Waals surface area contributed by atoms with Gasteiger partial charge in [-0.1, -0.05) is 54.1 Å². The molecule has 0 saturated heterocycles. The van der Waals surface area contributed by atoms with Crippen LogP contribution in [0.25, 0.3) is 22.4 Å². The van der Waals surface area contributed by atoms with E-state index in [1.54, 1.807) is 0 Å². The number of para-hydroxylation sites is 2. The first-order chi connectivity index (χ1) is 11.7. The third kappa shape index (κ3) is 2.63. The van der Waals surface area contributed by atoms with Crippen LogP contribution in [-0.4, -0.2) is 9.55 Å². The normalized spacial score (nSPS) is 11.0. The highest BCUT2D eigenvalue weighted by Gasteiger charge is 2.14. The van der Waals surface area contributed by atoms with E-state index in [0.29, 0.717) is 6.54 Å². The lowest BCUT2D eigenvalue weighted by atomic mass is 10.1. The molecular formula is C20H16ClN3. The zero-order valence-electron chi connectivity index (χ0n) is 13.0. The number of nitrogens with zero attached hydrogens (tertiary/aromatic N) is 2. The number of imidazole rings is 1. The van der Waals surface area contributed by atoms with Crippen LogP contribution in [0.2, 0.25) is 5.02 Å². The Morgan fingerprint density at radius 3 is 2.54 bits per heavy atom. The van der Waals surface area contributed by atoms with Crippen molar-refractivity contribution in [2.24, 2.45) is 0 Å². The highest BCUT2D eigenvalue weighted by Crippen LogP contribution is 2.28. The molecule has 2 N–H and O–H groups in total. The fraction of sp³-hybridized carbons (Fsp3) is 0.0500. The van der Waals surface area contributed by atoms with E-state index >= 15 is 0 Å². The molecular weight excluding hydrogens is 318 g/mol. The van der Waals surface area contributed by atoms with E-state index < -0.39 is 0 Å². The van der Waals surface area contributed by atoms with E-state index in [-0.39, 0.29) is 0 Å². The molecule has 3 nitrogen and oxygen atoms in total. The quantitative estimate of drug-likeness (QED) is 0.537. The standard InChI is InChI=1S/C20H16ClN3/c21-17-9-2-1-6-15(17)13-24-19-11-4-3-10-18(19)23-20(24)14-7-5-8-16(22)12-14/h1-12H,13,22H2. The largest absolute Gasteiger partial charge is 0.399 e. The first-order valence-corrected chi connectivity index (χ1v) is 8.15. The second kappa shape index (κ2) is 6.02. The molecule has 1 heterocycles. The van der Waals surface area contributed by atoms with Crippen molar-refractivity contribution in [3.63, 3.8) is 0 Å². The zero-order chi connectivity index (χ0) is 16.5. The van der Waals surface area contributed by atoms with Gasteiger partial charge in [0.15, 0.2) is 0 Å². The Labute approximate surface area is 145 Å². The second-order valence-corrected chi connectivity index (χ2v) is 6.13. The van der Waals surface area contributed by atoms with Crippen LogP contribution in [0.15, 0.2) is 72.8 Å². The van der Waals surface area contributed by atoms with Crippen molar-refractivity contribution >= 4 is 28.3 Å². The van der Waals surface area contributed by atoms with Crippen molar-refractivity contribution < 1.29 is 0 Å². The van der Waals surface area contributed by atoms with Gasteiger partial charge in [0.1, 0.15) is 5.82 Å². The molecule has 0 fully saturated rings. The number of hydrogen-bond donors (Lipinski definition) is 1. The van der Waals surface area contributed by atoms with Gasteiger partial charge < -0.3 is 10.3 Å². The van der Waals surface area contributed by atoms with Gasteiger partial charge in [-0.2, -0.15) is 0 Å². The van der Waals surface area contributed by atoms with Gasteiger partial charge >= 0.3 is 0 Å². The Morgan fingerprint density at radius 2 is 1.71 bits per heavy atom. The Bertz CT molecular complexity index is 1020. The molecule has 24 heavy (non-hydrogen) atoms. The number of hydrogen-bond acceptors (Lipinski definition) is 2. The minimum atomic E-state index is 0.657. The van der Waals surface area contributed by atoms with Gasteiger partial charge in [0, 0.05) is 16.3 Å². The number of halogens is 1. The summed E-state index contributed by atoms with van der Waals surface area (Å²) in [6.07, 6.45) is 0. The van der Waals surface area contributed by atoms with Crippen molar-refractivity contribution in [3.05, 3.63) is 83.4 Å². The summed E-state index contributed by atoms with van der Waals surface area (Å²) in [6.45, 7) is 0.657. The highest BCUT2D eigenvalue weighted by atomic mass is 35.5. The molecule has 0 unspecified atom stereocenters.